The molecule has 1 N–H and O–H groups in total. The fraction of sp³-hybridized carbons (Fsp3) is 0.385. The van der Waals surface area contributed by atoms with Crippen molar-refractivity contribution in [1.82, 2.24) is 10.2 Å². The molecule has 0 fully saturated rings. The average Bonchev–Trinajstić information content (AvgIpc) is 2.91. The largest absolute Gasteiger partial charge is 0.423 e. The van der Waals surface area contributed by atoms with E-state index in [-0.39, 0.29) is 0 Å². The van der Waals surface area contributed by atoms with Gasteiger partial charge < -0.3 is 14.5 Å². The van der Waals surface area contributed by atoms with Crippen molar-refractivity contribution in [2.45, 2.75) is 6.92 Å². The molecule has 0 bridgehead atoms. The van der Waals surface area contributed by atoms with Crippen LogP contribution in [0.1, 0.15) is 6.92 Å². The quantitative estimate of drug-likeness (QED) is 0.849. The Bertz CT molecular complexity index is 454. The van der Waals surface area contributed by atoms with Crippen molar-refractivity contribution in [3.63, 3.8) is 0 Å². The van der Waals surface area contributed by atoms with Crippen LogP contribution >= 0.6 is 0 Å². The van der Waals surface area contributed by atoms with E-state index >= 15 is 0 Å². The maximum Gasteiger partial charge on any atom is 0.247 e. The molecule has 1 aromatic heterocycles. The molecule has 1 atom stereocenters. The lowest BCUT2D eigenvalue weighted by molar-refractivity contribution is 0.164. The molecule has 0 saturated carbocycles. The van der Waals surface area contributed by atoms with Gasteiger partial charge in [-0.2, -0.15) is 0 Å². The summed E-state index contributed by atoms with van der Waals surface area (Å²) in [4.78, 5) is 0. The molecule has 2 aromatic rings. The Morgan fingerprint density at radius 3 is 2.72 bits per heavy atom. The van der Waals surface area contributed by atoms with Crippen LogP contribution in [0.3, 0.4) is 0 Å². The number of ether oxygens (including phenoxy) is 1. The molecule has 96 valence electrons. The van der Waals surface area contributed by atoms with Gasteiger partial charge in [0.2, 0.25) is 12.3 Å². The topological polar surface area (TPSA) is 60.2 Å². The summed E-state index contributed by atoms with van der Waals surface area (Å²) in [5, 5.41) is 10.9. The van der Waals surface area contributed by atoms with Crippen molar-refractivity contribution < 1.29 is 9.15 Å². The first-order chi connectivity index (χ1) is 8.79. The normalized spacial score (nSPS) is 12.3. The van der Waals surface area contributed by atoms with Gasteiger partial charge in [-0.05, 0) is 30.2 Å². The molecule has 0 aliphatic carbocycles. The van der Waals surface area contributed by atoms with Crippen molar-refractivity contribution in [2.75, 3.05) is 25.6 Å². The number of hydrogen-bond donors (Lipinski definition) is 1. The third-order valence-corrected chi connectivity index (χ3v) is 2.60. The Morgan fingerprint density at radius 2 is 2.11 bits per heavy atom. The molecule has 2 rings (SSSR count). The van der Waals surface area contributed by atoms with Gasteiger partial charge in [-0.25, -0.2) is 0 Å². The first-order valence-corrected chi connectivity index (χ1v) is 5.89. The van der Waals surface area contributed by atoms with E-state index in [0.29, 0.717) is 11.8 Å². The van der Waals surface area contributed by atoms with Crippen molar-refractivity contribution in [2.24, 2.45) is 5.92 Å². The Kier molecular flexibility index (Phi) is 4.30. The van der Waals surface area contributed by atoms with E-state index in [2.05, 4.69) is 22.4 Å². The number of rotatable bonds is 6. The van der Waals surface area contributed by atoms with Crippen molar-refractivity contribution in [3.05, 3.63) is 30.7 Å². The van der Waals surface area contributed by atoms with Gasteiger partial charge in [0, 0.05) is 24.9 Å². The molecule has 0 aliphatic rings. The van der Waals surface area contributed by atoms with Gasteiger partial charge in [-0.1, -0.05) is 6.92 Å². The number of methoxy groups -OCH3 is 1. The van der Waals surface area contributed by atoms with Crippen molar-refractivity contribution in [1.29, 1.82) is 0 Å². The summed E-state index contributed by atoms with van der Waals surface area (Å²) in [5.74, 6) is 1.01. The molecule has 18 heavy (non-hydrogen) atoms. The first kappa shape index (κ1) is 12.6. The van der Waals surface area contributed by atoms with E-state index in [4.69, 9.17) is 9.15 Å². The zero-order valence-corrected chi connectivity index (χ0v) is 10.6. The van der Waals surface area contributed by atoms with E-state index in [1.807, 2.05) is 24.3 Å². The second kappa shape index (κ2) is 6.16. The van der Waals surface area contributed by atoms with Crippen LogP contribution in [0, 0.1) is 5.92 Å². The van der Waals surface area contributed by atoms with E-state index < -0.39 is 0 Å². The highest BCUT2D eigenvalue weighted by Gasteiger charge is 2.04. The Balaban J connectivity index is 1.92. The van der Waals surface area contributed by atoms with Crippen LogP contribution in [-0.2, 0) is 4.74 Å². The fourth-order valence-electron chi connectivity index (χ4n) is 1.67. The SMILES string of the molecule is COCC(C)CNc1ccc(-c2nnco2)cc1. The molecule has 0 radical (unpaired) electrons. The minimum atomic E-state index is 0.477. The molecular weight excluding hydrogens is 230 g/mol. The second-order valence-corrected chi connectivity index (χ2v) is 4.26. The predicted octanol–water partition coefficient (Wildman–Crippen LogP) is 2.43. The maximum absolute atomic E-state index is 5.13. The summed E-state index contributed by atoms with van der Waals surface area (Å²) in [7, 11) is 1.72. The molecule has 5 nitrogen and oxygen atoms in total. The average molecular weight is 247 g/mol. The molecule has 0 saturated heterocycles. The van der Waals surface area contributed by atoms with Gasteiger partial charge >= 0.3 is 0 Å². The number of aromatic nitrogens is 2. The number of hydrogen-bond acceptors (Lipinski definition) is 5. The first-order valence-electron chi connectivity index (χ1n) is 5.89. The predicted molar refractivity (Wildman–Crippen MR) is 69.3 cm³/mol. The number of nitrogens with one attached hydrogen (secondary N) is 1. The summed E-state index contributed by atoms with van der Waals surface area (Å²) in [5.41, 5.74) is 1.99. The lowest BCUT2D eigenvalue weighted by atomic mass is 10.1. The standard InChI is InChI=1S/C13H17N3O2/c1-10(8-17-2)7-14-12-5-3-11(4-6-12)13-16-15-9-18-13/h3-6,9-10,14H,7-8H2,1-2H3. The molecule has 0 amide bonds. The number of anilines is 1. The van der Waals surface area contributed by atoms with Crippen LogP contribution in [0.2, 0.25) is 0 Å². The molecular formula is C13H17N3O2. The fourth-order valence-corrected chi connectivity index (χ4v) is 1.67. The summed E-state index contributed by atoms with van der Waals surface area (Å²) in [6.45, 7) is 3.78. The molecule has 1 aromatic carbocycles. The van der Waals surface area contributed by atoms with E-state index in [9.17, 15) is 0 Å². The van der Waals surface area contributed by atoms with E-state index in [1.165, 1.54) is 6.39 Å². The van der Waals surface area contributed by atoms with E-state index in [1.54, 1.807) is 7.11 Å². The number of nitrogens with zero attached hydrogens (tertiary/aromatic N) is 2. The van der Waals surface area contributed by atoms with Crippen LogP contribution in [0.15, 0.2) is 35.1 Å². The zero-order valence-electron chi connectivity index (χ0n) is 10.6. The minimum absolute atomic E-state index is 0.477. The van der Waals surface area contributed by atoms with Crippen molar-refractivity contribution >= 4 is 5.69 Å². The van der Waals surface area contributed by atoms with Gasteiger partial charge in [0.1, 0.15) is 0 Å². The van der Waals surface area contributed by atoms with E-state index in [0.717, 1.165) is 24.4 Å². The smallest absolute Gasteiger partial charge is 0.247 e. The molecule has 1 unspecified atom stereocenters. The summed E-state index contributed by atoms with van der Waals surface area (Å²) < 4.78 is 10.2. The van der Waals surface area contributed by atoms with Crippen LogP contribution in [0.25, 0.3) is 11.5 Å². The van der Waals surface area contributed by atoms with Crippen LogP contribution < -0.4 is 5.32 Å². The Hall–Kier alpha value is -1.88. The third-order valence-electron chi connectivity index (χ3n) is 2.60. The summed E-state index contributed by atoms with van der Waals surface area (Å²) >= 11 is 0. The second-order valence-electron chi connectivity index (χ2n) is 4.26. The summed E-state index contributed by atoms with van der Waals surface area (Å²) in [6.07, 6.45) is 1.33. The Labute approximate surface area is 106 Å². The monoisotopic (exact) mass is 247 g/mol. The molecule has 5 heteroatoms. The minimum Gasteiger partial charge on any atom is -0.423 e. The van der Waals surface area contributed by atoms with Crippen LogP contribution in [0.4, 0.5) is 5.69 Å². The maximum atomic E-state index is 5.13. The van der Waals surface area contributed by atoms with Gasteiger partial charge in [-0.3, -0.25) is 0 Å². The lowest BCUT2D eigenvalue weighted by Gasteiger charge is -2.12. The highest BCUT2D eigenvalue weighted by atomic mass is 16.5. The summed E-state index contributed by atoms with van der Waals surface area (Å²) in [6, 6.07) is 7.91. The highest BCUT2D eigenvalue weighted by molar-refractivity contribution is 5.58. The van der Waals surface area contributed by atoms with Crippen LogP contribution in [-0.4, -0.2) is 30.5 Å². The van der Waals surface area contributed by atoms with Crippen molar-refractivity contribution in [3.8, 4) is 11.5 Å². The number of benzene rings is 1. The van der Waals surface area contributed by atoms with Gasteiger partial charge in [0.05, 0.1) is 6.61 Å². The third kappa shape index (κ3) is 3.30. The molecule has 0 spiro atoms. The van der Waals surface area contributed by atoms with Gasteiger partial charge in [0.25, 0.3) is 0 Å². The van der Waals surface area contributed by atoms with Gasteiger partial charge in [-0.15, -0.1) is 10.2 Å². The molecule has 1 heterocycles. The Morgan fingerprint density at radius 1 is 1.33 bits per heavy atom. The molecule has 0 aliphatic heterocycles. The van der Waals surface area contributed by atoms with Crippen LogP contribution in [0.5, 0.6) is 0 Å². The zero-order chi connectivity index (χ0) is 12.8. The lowest BCUT2D eigenvalue weighted by Crippen LogP contribution is -2.15. The van der Waals surface area contributed by atoms with Gasteiger partial charge in [0.15, 0.2) is 0 Å². The highest BCUT2D eigenvalue weighted by Crippen LogP contribution is 2.18.